The number of nitrogens with zero attached hydrogens (tertiary/aromatic N) is 1. The van der Waals surface area contributed by atoms with Gasteiger partial charge in [0.05, 0.1) is 24.4 Å². The predicted molar refractivity (Wildman–Crippen MR) is 52.8 cm³/mol. The summed E-state index contributed by atoms with van der Waals surface area (Å²) in [6.07, 6.45) is 0. The second kappa shape index (κ2) is 5.25. The molecule has 5 heteroatoms. The molecule has 0 bridgehead atoms. The highest BCUT2D eigenvalue weighted by molar-refractivity contribution is 5.85. The fourth-order valence-corrected chi connectivity index (χ4v) is 0.865. The third-order valence-electron chi connectivity index (χ3n) is 1.44. The molecular weight excluding hydrogens is 190 g/mol. The number of nitriles is 1. The number of anilines is 1. The van der Waals surface area contributed by atoms with Crippen molar-refractivity contribution in [1.82, 2.24) is 0 Å². The van der Waals surface area contributed by atoms with Crippen LogP contribution in [0.1, 0.15) is 5.56 Å². The van der Waals surface area contributed by atoms with Crippen molar-refractivity contribution < 1.29 is 4.74 Å². The fraction of sp³-hybridized carbons (Fsp3) is 0.125. The number of methoxy groups -OCH3 is 1. The molecule has 0 spiro atoms. The van der Waals surface area contributed by atoms with Crippen molar-refractivity contribution in [2.45, 2.75) is 0 Å². The van der Waals surface area contributed by atoms with E-state index in [1.807, 2.05) is 6.07 Å². The first-order valence-electron chi connectivity index (χ1n) is 3.36. The Bertz CT molecular complexity index is 299. The zero-order valence-corrected chi connectivity index (χ0v) is 7.89. The molecule has 0 aliphatic carbocycles. The molecule has 1 rings (SSSR count). The van der Waals surface area contributed by atoms with E-state index in [-0.39, 0.29) is 12.4 Å². The van der Waals surface area contributed by atoms with Gasteiger partial charge in [-0.15, -0.1) is 12.4 Å². The molecule has 0 atom stereocenters. The van der Waals surface area contributed by atoms with Gasteiger partial charge >= 0.3 is 0 Å². The zero-order valence-electron chi connectivity index (χ0n) is 7.07. The van der Waals surface area contributed by atoms with Crippen LogP contribution in [0.25, 0.3) is 0 Å². The van der Waals surface area contributed by atoms with Crippen LogP contribution in [0.3, 0.4) is 0 Å². The third kappa shape index (κ3) is 2.82. The number of hydrogen-bond acceptors (Lipinski definition) is 4. The first-order chi connectivity index (χ1) is 5.80. The van der Waals surface area contributed by atoms with Crippen LogP contribution in [0.4, 0.5) is 5.69 Å². The molecule has 0 amide bonds. The number of hydrazine groups is 1. The molecule has 1 aromatic rings. The summed E-state index contributed by atoms with van der Waals surface area (Å²) in [5, 5.41) is 8.60. The van der Waals surface area contributed by atoms with Gasteiger partial charge in [0, 0.05) is 6.07 Å². The van der Waals surface area contributed by atoms with E-state index in [1.54, 1.807) is 18.2 Å². The maximum absolute atomic E-state index is 8.60. The fourth-order valence-electron chi connectivity index (χ4n) is 0.865. The number of nitrogens with two attached hydrogens (primary N) is 1. The highest BCUT2D eigenvalue weighted by Gasteiger charge is 1.98. The van der Waals surface area contributed by atoms with E-state index in [0.29, 0.717) is 17.0 Å². The van der Waals surface area contributed by atoms with Crippen LogP contribution < -0.4 is 16.0 Å². The molecule has 0 radical (unpaired) electrons. The Morgan fingerprint density at radius 1 is 1.46 bits per heavy atom. The molecule has 13 heavy (non-hydrogen) atoms. The summed E-state index contributed by atoms with van der Waals surface area (Å²) in [5.41, 5.74) is 3.62. The Morgan fingerprint density at radius 2 is 2.15 bits per heavy atom. The van der Waals surface area contributed by atoms with Gasteiger partial charge in [0.25, 0.3) is 0 Å². The Labute approximate surface area is 82.7 Å². The Balaban J connectivity index is 0.00000144. The number of nitrogens with one attached hydrogen (secondary N) is 1. The van der Waals surface area contributed by atoms with Crippen LogP contribution in [-0.4, -0.2) is 7.11 Å². The monoisotopic (exact) mass is 199 g/mol. The van der Waals surface area contributed by atoms with Crippen LogP contribution in [0.2, 0.25) is 0 Å². The number of nitrogen functional groups attached to an aromatic ring is 1. The Hall–Kier alpha value is -1.44. The number of rotatable bonds is 2. The molecule has 3 N–H and O–H groups in total. The summed E-state index contributed by atoms with van der Waals surface area (Å²) in [7, 11) is 1.54. The topological polar surface area (TPSA) is 71.1 Å². The van der Waals surface area contributed by atoms with Crippen molar-refractivity contribution in [2.75, 3.05) is 12.5 Å². The van der Waals surface area contributed by atoms with Crippen LogP contribution >= 0.6 is 12.4 Å². The minimum atomic E-state index is 0. The van der Waals surface area contributed by atoms with Crippen molar-refractivity contribution in [1.29, 1.82) is 5.26 Å². The molecule has 0 saturated carbocycles. The predicted octanol–water partition coefficient (Wildman–Crippen LogP) is 1.27. The van der Waals surface area contributed by atoms with Gasteiger partial charge in [-0.1, -0.05) is 0 Å². The van der Waals surface area contributed by atoms with Gasteiger partial charge in [-0.05, 0) is 12.1 Å². The van der Waals surface area contributed by atoms with Gasteiger partial charge in [0.1, 0.15) is 5.75 Å². The number of benzene rings is 1. The van der Waals surface area contributed by atoms with Crippen LogP contribution in [-0.2, 0) is 0 Å². The van der Waals surface area contributed by atoms with Crippen molar-refractivity contribution in [3.05, 3.63) is 23.8 Å². The molecule has 0 aliphatic heterocycles. The lowest BCUT2D eigenvalue weighted by molar-refractivity contribution is 0.415. The molecule has 70 valence electrons. The molecule has 0 unspecified atom stereocenters. The van der Waals surface area contributed by atoms with Crippen LogP contribution in [0, 0.1) is 11.3 Å². The van der Waals surface area contributed by atoms with E-state index in [1.165, 1.54) is 7.11 Å². The third-order valence-corrected chi connectivity index (χ3v) is 1.44. The van der Waals surface area contributed by atoms with E-state index in [9.17, 15) is 0 Å². The van der Waals surface area contributed by atoms with Crippen molar-refractivity contribution in [2.24, 2.45) is 5.84 Å². The molecule has 0 aliphatic rings. The second-order valence-electron chi connectivity index (χ2n) is 2.21. The highest BCUT2D eigenvalue weighted by atomic mass is 35.5. The summed E-state index contributed by atoms with van der Waals surface area (Å²) in [6.45, 7) is 0. The lowest BCUT2D eigenvalue weighted by Crippen LogP contribution is -2.06. The second-order valence-corrected chi connectivity index (χ2v) is 2.21. The maximum Gasteiger partial charge on any atom is 0.122 e. The minimum absolute atomic E-state index is 0. The molecule has 0 fully saturated rings. The van der Waals surface area contributed by atoms with Crippen molar-refractivity contribution >= 4 is 18.1 Å². The summed E-state index contributed by atoms with van der Waals surface area (Å²) >= 11 is 0. The first-order valence-corrected chi connectivity index (χ1v) is 3.36. The standard InChI is InChI=1S/C8H9N3O.ClH/c1-12-8-3-6(5-9)2-7(4-8)11-10;/h2-4,11H,10H2,1H3;1H. The number of ether oxygens (including phenoxy) is 1. The highest BCUT2D eigenvalue weighted by Crippen LogP contribution is 2.19. The summed E-state index contributed by atoms with van der Waals surface area (Å²) < 4.78 is 4.95. The molecular formula is C8H10ClN3O. The number of halogens is 1. The zero-order chi connectivity index (χ0) is 8.97. The molecule has 0 aromatic heterocycles. The van der Waals surface area contributed by atoms with Crippen LogP contribution in [0.15, 0.2) is 18.2 Å². The van der Waals surface area contributed by atoms with Gasteiger partial charge in [-0.3, -0.25) is 5.84 Å². The Kier molecular flexibility index (Phi) is 4.67. The smallest absolute Gasteiger partial charge is 0.122 e. The van der Waals surface area contributed by atoms with Crippen molar-refractivity contribution in [3.63, 3.8) is 0 Å². The summed E-state index contributed by atoms with van der Waals surface area (Å²) in [6, 6.07) is 6.99. The maximum atomic E-state index is 8.60. The molecule has 0 saturated heterocycles. The number of hydrogen-bond donors (Lipinski definition) is 2. The molecule has 0 heterocycles. The minimum Gasteiger partial charge on any atom is -0.497 e. The van der Waals surface area contributed by atoms with Gasteiger partial charge in [-0.25, -0.2) is 0 Å². The summed E-state index contributed by atoms with van der Waals surface area (Å²) in [4.78, 5) is 0. The quantitative estimate of drug-likeness (QED) is 0.556. The van der Waals surface area contributed by atoms with Crippen molar-refractivity contribution in [3.8, 4) is 11.8 Å². The molecule has 1 aromatic carbocycles. The van der Waals surface area contributed by atoms with Gasteiger partial charge in [-0.2, -0.15) is 5.26 Å². The first kappa shape index (κ1) is 11.6. The van der Waals surface area contributed by atoms with E-state index in [2.05, 4.69) is 5.43 Å². The van der Waals surface area contributed by atoms with E-state index < -0.39 is 0 Å². The SMILES string of the molecule is COc1cc(C#N)cc(NN)c1.Cl. The van der Waals surface area contributed by atoms with Gasteiger partial charge in [0.2, 0.25) is 0 Å². The largest absolute Gasteiger partial charge is 0.497 e. The molecule has 4 nitrogen and oxygen atoms in total. The van der Waals surface area contributed by atoms with E-state index in [0.717, 1.165) is 0 Å². The van der Waals surface area contributed by atoms with E-state index in [4.69, 9.17) is 15.8 Å². The lowest BCUT2D eigenvalue weighted by atomic mass is 10.2. The lowest BCUT2D eigenvalue weighted by Gasteiger charge is -2.03. The normalized spacial score (nSPS) is 8.08. The summed E-state index contributed by atoms with van der Waals surface area (Å²) in [5.74, 6) is 5.80. The van der Waals surface area contributed by atoms with Crippen LogP contribution in [0.5, 0.6) is 5.75 Å². The van der Waals surface area contributed by atoms with E-state index >= 15 is 0 Å². The Morgan fingerprint density at radius 3 is 2.62 bits per heavy atom. The van der Waals surface area contributed by atoms with Gasteiger partial charge < -0.3 is 10.2 Å². The average Bonchev–Trinajstić information content (AvgIpc) is 2.16. The van der Waals surface area contributed by atoms with Gasteiger partial charge in [0.15, 0.2) is 0 Å². The average molecular weight is 200 g/mol.